The number of carbonyl (C=O) groups is 1. The minimum atomic E-state index is -4.39. The molecule has 6 nitrogen and oxygen atoms in total. The number of sulfonamides is 1. The van der Waals surface area contributed by atoms with Crippen molar-refractivity contribution in [2.45, 2.75) is 31.5 Å². The van der Waals surface area contributed by atoms with Gasteiger partial charge >= 0.3 is 6.18 Å². The summed E-state index contributed by atoms with van der Waals surface area (Å²) in [5, 5.41) is 5.14. The normalized spacial score (nSPS) is 16.7. The van der Waals surface area contributed by atoms with Crippen LogP contribution in [-0.2, 0) is 27.4 Å². The average Bonchev–Trinajstić information content (AvgIpc) is 3.09. The highest BCUT2D eigenvalue weighted by molar-refractivity contribution is 7.88. The first-order valence-corrected chi connectivity index (χ1v) is 11.6. The molecule has 3 rings (SSSR count). The third-order valence-corrected chi connectivity index (χ3v) is 6.88. The van der Waals surface area contributed by atoms with E-state index in [9.17, 15) is 26.4 Å². The Bertz CT molecular complexity index is 964. The summed E-state index contributed by atoms with van der Waals surface area (Å²) in [6.07, 6.45) is -2.06. The Morgan fingerprint density at radius 1 is 1.24 bits per heavy atom. The van der Waals surface area contributed by atoms with Crippen LogP contribution in [0.1, 0.15) is 24.1 Å². The van der Waals surface area contributed by atoms with Crippen LogP contribution < -0.4 is 5.32 Å². The van der Waals surface area contributed by atoms with Crippen LogP contribution in [0.25, 0.3) is 10.6 Å². The summed E-state index contributed by atoms with van der Waals surface area (Å²) < 4.78 is 62.4. The van der Waals surface area contributed by atoms with Crippen molar-refractivity contribution in [1.82, 2.24) is 14.6 Å². The van der Waals surface area contributed by atoms with Gasteiger partial charge in [-0.05, 0) is 25.0 Å². The predicted molar refractivity (Wildman–Crippen MR) is 104 cm³/mol. The molecule has 1 aromatic heterocycles. The van der Waals surface area contributed by atoms with Gasteiger partial charge in [0, 0.05) is 30.1 Å². The SMILES string of the molecule is CS(=O)(=O)N1CCC(NC(=O)Cc2csc(-c3ccc(C(F)(F)F)cc3)n2)CC1. The molecule has 158 valence electrons. The molecule has 0 unspecified atom stereocenters. The van der Waals surface area contributed by atoms with Crippen molar-refractivity contribution in [2.24, 2.45) is 0 Å². The summed E-state index contributed by atoms with van der Waals surface area (Å²) in [5.41, 5.74) is 0.373. The highest BCUT2D eigenvalue weighted by Crippen LogP contribution is 2.31. The van der Waals surface area contributed by atoms with Crippen LogP contribution in [0.3, 0.4) is 0 Å². The maximum Gasteiger partial charge on any atom is 0.416 e. The number of alkyl halides is 3. The Morgan fingerprint density at radius 2 is 1.86 bits per heavy atom. The molecular formula is C18H20F3N3O3S2. The fourth-order valence-corrected chi connectivity index (χ4v) is 4.80. The van der Waals surface area contributed by atoms with E-state index in [0.717, 1.165) is 12.1 Å². The van der Waals surface area contributed by atoms with Crippen molar-refractivity contribution in [3.05, 3.63) is 40.9 Å². The van der Waals surface area contributed by atoms with Crippen LogP contribution in [0.2, 0.25) is 0 Å². The van der Waals surface area contributed by atoms with Crippen LogP contribution in [-0.4, -0.2) is 49.0 Å². The Morgan fingerprint density at radius 3 is 2.41 bits per heavy atom. The number of aromatic nitrogens is 1. The number of amides is 1. The van der Waals surface area contributed by atoms with E-state index in [2.05, 4.69) is 10.3 Å². The van der Waals surface area contributed by atoms with Crippen molar-refractivity contribution in [3.63, 3.8) is 0 Å². The lowest BCUT2D eigenvalue weighted by molar-refractivity contribution is -0.137. The lowest BCUT2D eigenvalue weighted by Crippen LogP contribution is -2.46. The zero-order valence-corrected chi connectivity index (χ0v) is 17.2. The summed E-state index contributed by atoms with van der Waals surface area (Å²) in [6.45, 7) is 0.747. The van der Waals surface area contributed by atoms with E-state index in [0.29, 0.717) is 42.2 Å². The number of rotatable bonds is 5. The minimum Gasteiger partial charge on any atom is -0.353 e. The summed E-state index contributed by atoms with van der Waals surface area (Å²) in [7, 11) is -3.21. The molecule has 1 aromatic carbocycles. The number of nitrogens with one attached hydrogen (secondary N) is 1. The van der Waals surface area contributed by atoms with Gasteiger partial charge in [0.1, 0.15) is 5.01 Å². The molecule has 1 aliphatic rings. The van der Waals surface area contributed by atoms with E-state index in [4.69, 9.17) is 0 Å². The lowest BCUT2D eigenvalue weighted by Gasteiger charge is -2.30. The summed E-state index contributed by atoms with van der Waals surface area (Å²) in [6, 6.07) is 4.65. The van der Waals surface area contributed by atoms with E-state index in [1.807, 2.05) is 0 Å². The molecule has 0 atom stereocenters. The number of halogens is 3. The van der Waals surface area contributed by atoms with E-state index < -0.39 is 21.8 Å². The maximum absolute atomic E-state index is 12.7. The third kappa shape index (κ3) is 5.77. The van der Waals surface area contributed by atoms with Crippen LogP contribution >= 0.6 is 11.3 Å². The van der Waals surface area contributed by atoms with Gasteiger partial charge in [0.05, 0.1) is 23.9 Å². The topological polar surface area (TPSA) is 79.4 Å². The molecule has 1 fully saturated rings. The summed E-state index contributed by atoms with van der Waals surface area (Å²) in [5.74, 6) is -0.216. The molecule has 2 heterocycles. The predicted octanol–water partition coefficient (Wildman–Crippen LogP) is 2.91. The van der Waals surface area contributed by atoms with Gasteiger partial charge in [-0.25, -0.2) is 17.7 Å². The minimum absolute atomic E-state index is 0.0590. The van der Waals surface area contributed by atoms with Crippen molar-refractivity contribution in [2.75, 3.05) is 19.3 Å². The number of hydrogen-bond acceptors (Lipinski definition) is 5. The second-order valence-electron chi connectivity index (χ2n) is 6.90. The largest absolute Gasteiger partial charge is 0.416 e. The molecule has 29 heavy (non-hydrogen) atoms. The first-order valence-electron chi connectivity index (χ1n) is 8.89. The van der Waals surface area contributed by atoms with E-state index in [-0.39, 0.29) is 18.4 Å². The number of benzene rings is 1. The molecular weight excluding hydrogens is 427 g/mol. The Kier molecular flexibility index (Phi) is 6.30. The second-order valence-corrected chi connectivity index (χ2v) is 9.74. The first kappa shape index (κ1) is 21.7. The number of thiazole rings is 1. The molecule has 0 saturated carbocycles. The van der Waals surface area contributed by atoms with Gasteiger partial charge in [-0.15, -0.1) is 11.3 Å². The number of nitrogens with zero attached hydrogens (tertiary/aromatic N) is 2. The second kappa shape index (κ2) is 8.41. The van der Waals surface area contributed by atoms with E-state index in [1.165, 1.54) is 34.0 Å². The molecule has 0 bridgehead atoms. The number of carbonyl (C=O) groups excluding carboxylic acids is 1. The fraction of sp³-hybridized carbons (Fsp3) is 0.444. The summed E-state index contributed by atoms with van der Waals surface area (Å²) >= 11 is 1.26. The molecule has 1 aliphatic heterocycles. The van der Waals surface area contributed by atoms with Crippen LogP contribution in [0.5, 0.6) is 0 Å². The molecule has 1 N–H and O–H groups in total. The van der Waals surface area contributed by atoms with Gasteiger partial charge in [-0.3, -0.25) is 4.79 Å². The standard InChI is InChI=1S/C18H20F3N3O3S2/c1-29(26,27)24-8-6-14(7-9-24)22-16(25)10-15-11-28-17(23-15)12-2-4-13(5-3-12)18(19,20)21/h2-5,11,14H,6-10H2,1H3,(H,22,25). The monoisotopic (exact) mass is 447 g/mol. The maximum atomic E-state index is 12.7. The number of piperidine rings is 1. The van der Waals surface area contributed by atoms with Gasteiger partial charge in [0.25, 0.3) is 0 Å². The number of hydrogen-bond donors (Lipinski definition) is 1. The molecule has 2 aromatic rings. The Hall–Kier alpha value is -1.98. The smallest absolute Gasteiger partial charge is 0.353 e. The first-order chi connectivity index (χ1) is 13.5. The molecule has 1 saturated heterocycles. The van der Waals surface area contributed by atoms with Crippen molar-refractivity contribution >= 4 is 27.3 Å². The van der Waals surface area contributed by atoms with Crippen molar-refractivity contribution in [1.29, 1.82) is 0 Å². The van der Waals surface area contributed by atoms with Crippen molar-refractivity contribution < 1.29 is 26.4 Å². The molecule has 0 aliphatic carbocycles. The van der Waals surface area contributed by atoms with Crippen LogP contribution in [0.15, 0.2) is 29.6 Å². The van der Waals surface area contributed by atoms with Gasteiger partial charge in [0.2, 0.25) is 15.9 Å². The fourth-order valence-electron chi connectivity index (χ4n) is 3.10. The lowest BCUT2D eigenvalue weighted by atomic mass is 10.1. The van der Waals surface area contributed by atoms with Crippen LogP contribution in [0.4, 0.5) is 13.2 Å². The van der Waals surface area contributed by atoms with Gasteiger partial charge in [-0.2, -0.15) is 13.2 Å². The van der Waals surface area contributed by atoms with E-state index in [1.54, 1.807) is 5.38 Å². The zero-order valence-electron chi connectivity index (χ0n) is 15.6. The molecule has 0 spiro atoms. The summed E-state index contributed by atoms with van der Waals surface area (Å²) in [4.78, 5) is 16.6. The van der Waals surface area contributed by atoms with E-state index >= 15 is 0 Å². The average molecular weight is 448 g/mol. The zero-order chi connectivity index (χ0) is 21.2. The van der Waals surface area contributed by atoms with Gasteiger partial charge in [-0.1, -0.05) is 12.1 Å². The Labute approximate surface area is 170 Å². The Balaban J connectivity index is 1.54. The molecule has 11 heteroatoms. The molecule has 0 radical (unpaired) electrons. The quantitative estimate of drug-likeness (QED) is 0.765. The highest BCUT2D eigenvalue weighted by Gasteiger charge is 2.30. The van der Waals surface area contributed by atoms with Crippen molar-refractivity contribution in [3.8, 4) is 10.6 Å². The molecule has 1 amide bonds. The highest BCUT2D eigenvalue weighted by atomic mass is 32.2. The third-order valence-electron chi connectivity index (χ3n) is 4.64. The van der Waals surface area contributed by atoms with Gasteiger partial charge in [0.15, 0.2) is 0 Å². The van der Waals surface area contributed by atoms with Crippen LogP contribution in [0, 0.1) is 0 Å². The van der Waals surface area contributed by atoms with Gasteiger partial charge < -0.3 is 5.32 Å².